The van der Waals surface area contributed by atoms with Gasteiger partial charge in [-0.3, -0.25) is 5.43 Å². The van der Waals surface area contributed by atoms with E-state index in [2.05, 4.69) is 40.4 Å². The van der Waals surface area contributed by atoms with Crippen molar-refractivity contribution in [3.63, 3.8) is 0 Å². The highest BCUT2D eigenvalue weighted by molar-refractivity contribution is 7.18. The Morgan fingerprint density at radius 1 is 1.27 bits per heavy atom. The van der Waals surface area contributed by atoms with Crippen LogP contribution in [-0.4, -0.2) is 16.2 Å². The summed E-state index contributed by atoms with van der Waals surface area (Å²) in [5, 5.41) is 5.89. The Bertz CT molecular complexity index is 826. The topological polar surface area (TPSA) is 50.2 Å². The van der Waals surface area contributed by atoms with E-state index in [1.165, 1.54) is 4.88 Å². The lowest BCUT2D eigenvalue weighted by molar-refractivity contribution is 0.890. The van der Waals surface area contributed by atoms with Crippen LogP contribution >= 0.6 is 22.9 Å². The molecule has 22 heavy (non-hydrogen) atoms. The Balaban J connectivity index is 1.86. The molecule has 0 aliphatic rings. The number of nitrogens with zero attached hydrogens (tertiary/aromatic N) is 3. The second kappa shape index (κ2) is 6.42. The maximum atomic E-state index is 6.10. The van der Waals surface area contributed by atoms with E-state index in [4.69, 9.17) is 11.6 Å². The number of hydrogen-bond acceptors (Lipinski definition) is 5. The van der Waals surface area contributed by atoms with Crippen LogP contribution in [0.5, 0.6) is 0 Å². The monoisotopic (exact) mass is 330 g/mol. The molecule has 6 heteroatoms. The highest BCUT2D eigenvalue weighted by atomic mass is 35.5. The standard InChI is InChI=1S/C16H15ClN4S/c1-10(2)14-7-12-15(18-9-19-16(12)22-14)21-20-8-11-5-3-4-6-13(11)17/h3-10H,1-2H3,(H,18,19,21). The fourth-order valence-electron chi connectivity index (χ4n) is 1.99. The molecule has 0 spiro atoms. The van der Waals surface area contributed by atoms with Crippen LogP contribution in [0.3, 0.4) is 0 Å². The van der Waals surface area contributed by atoms with Crippen molar-refractivity contribution in [2.75, 3.05) is 5.43 Å². The van der Waals surface area contributed by atoms with Gasteiger partial charge in [0.1, 0.15) is 11.2 Å². The van der Waals surface area contributed by atoms with E-state index in [0.717, 1.165) is 15.8 Å². The van der Waals surface area contributed by atoms with E-state index in [1.807, 2.05) is 24.3 Å². The van der Waals surface area contributed by atoms with Gasteiger partial charge in [-0.05, 0) is 18.1 Å². The van der Waals surface area contributed by atoms with Crippen molar-refractivity contribution in [3.8, 4) is 0 Å². The molecule has 4 nitrogen and oxygen atoms in total. The third-order valence-corrected chi connectivity index (χ3v) is 4.88. The van der Waals surface area contributed by atoms with Crippen molar-refractivity contribution >= 4 is 45.2 Å². The molecule has 0 atom stereocenters. The van der Waals surface area contributed by atoms with Gasteiger partial charge in [0.05, 0.1) is 11.6 Å². The fraction of sp³-hybridized carbons (Fsp3) is 0.188. The molecule has 0 unspecified atom stereocenters. The first-order valence-electron chi connectivity index (χ1n) is 6.93. The average Bonchev–Trinajstić information content (AvgIpc) is 2.94. The van der Waals surface area contributed by atoms with Crippen LogP contribution in [0.25, 0.3) is 10.2 Å². The number of rotatable bonds is 4. The van der Waals surface area contributed by atoms with Crippen LogP contribution < -0.4 is 5.43 Å². The van der Waals surface area contributed by atoms with Gasteiger partial charge in [-0.1, -0.05) is 43.6 Å². The minimum Gasteiger partial charge on any atom is -0.261 e. The largest absolute Gasteiger partial charge is 0.261 e. The first kappa shape index (κ1) is 14.9. The van der Waals surface area contributed by atoms with E-state index in [9.17, 15) is 0 Å². The molecule has 1 aromatic carbocycles. The molecule has 0 aliphatic carbocycles. The quantitative estimate of drug-likeness (QED) is 0.546. The van der Waals surface area contributed by atoms with Crippen molar-refractivity contribution in [3.05, 3.63) is 52.1 Å². The maximum Gasteiger partial charge on any atom is 0.158 e. The number of aromatic nitrogens is 2. The van der Waals surface area contributed by atoms with Gasteiger partial charge in [-0.15, -0.1) is 11.3 Å². The number of hydrogen-bond donors (Lipinski definition) is 1. The normalized spacial score (nSPS) is 11.6. The van der Waals surface area contributed by atoms with E-state index in [0.29, 0.717) is 16.8 Å². The van der Waals surface area contributed by atoms with E-state index >= 15 is 0 Å². The van der Waals surface area contributed by atoms with Crippen molar-refractivity contribution in [2.45, 2.75) is 19.8 Å². The third kappa shape index (κ3) is 3.10. The molecule has 0 radical (unpaired) electrons. The summed E-state index contributed by atoms with van der Waals surface area (Å²) in [5.74, 6) is 1.18. The van der Waals surface area contributed by atoms with E-state index in [1.54, 1.807) is 23.9 Å². The van der Waals surface area contributed by atoms with Gasteiger partial charge in [0.2, 0.25) is 0 Å². The predicted molar refractivity (Wildman–Crippen MR) is 94.2 cm³/mol. The molecular formula is C16H15ClN4S. The number of nitrogens with one attached hydrogen (secondary N) is 1. The Kier molecular flexibility index (Phi) is 4.36. The summed E-state index contributed by atoms with van der Waals surface area (Å²) in [6, 6.07) is 9.67. The number of hydrazone groups is 1. The Morgan fingerprint density at radius 2 is 2.09 bits per heavy atom. The summed E-state index contributed by atoms with van der Waals surface area (Å²) < 4.78 is 0. The third-order valence-electron chi connectivity index (χ3n) is 3.20. The summed E-state index contributed by atoms with van der Waals surface area (Å²) in [6.07, 6.45) is 3.24. The second-order valence-electron chi connectivity index (χ2n) is 5.14. The zero-order chi connectivity index (χ0) is 15.5. The van der Waals surface area contributed by atoms with E-state index < -0.39 is 0 Å². The number of thiophene rings is 1. The molecule has 0 fully saturated rings. The number of halogens is 1. The van der Waals surface area contributed by atoms with Gasteiger partial charge < -0.3 is 0 Å². The molecule has 0 aliphatic heterocycles. The minimum atomic E-state index is 0.471. The van der Waals surface area contributed by atoms with Crippen LogP contribution in [0.1, 0.15) is 30.2 Å². The maximum absolute atomic E-state index is 6.10. The van der Waals surface area contributed by atoms with Crippen molar-refractivity contribution in [1.82, 2.24) is 9.97 Å². The van der Waals surface area contributed by atoms with Crippen LogP contribution in [0.15, 0.2) is 41.8 Å². The predicted octanol–water partition coefficient (Wildman–Crippen LogP) is 4.91. The lowest BCUT2D eigenvalue weighted by Gasteiger charge is -2.00. The molecular weight excluding hydrogens is 316 g/mol. The summed E-state index contributed by atoms with van der Waals surface area (Å²) >= 11 is 7.78. The summed E-state index contributed by atoms with van der Waals surface area (Å²) in [6.45, 7) is 4.33. The molecule has 0 saturated heterocycles. The van der Waals surface area contributed by atoms with Crippen molar-refractivity contribution < 1.29 is 0 Å². The molecule has 1 N–H and O–H groups in total. The first-order chi connectivity index (χ1) is 10.6. The van der Waals surface area contributed by atoms with Gasteiger partial charge in [-0.25, -0.2) is 9.97 Å². The van der Waals surface area contributed by atoms with Crippen LogP contribution in [0.4, 0.5) is 5.82 Å². The molecule has 0 amide bonds. The summed E-state index contributed by atoms with van der Waals surface area (Å²) in [7, 11) is 0. The van der Waals surface area contributed by atoms with Crippen molar-refractivity contribution in [1.29, 1.82) is 0 Å². The molecule has 0 saturated carbocycles. The van der Waals surface area contributed by atoms with Gasteiger partial charge in [0.25, 0.3) is 0 Å². The van der Waals surface area contributed by atoms with Gasteiger partial charge in [0.15, 0.2) is 5.82 Å². The smallest absolute Gasteiger partial charge is 0.158 e. The number of benzene rings is 1. The Hall–Kier alpha value is -1.98. The minimum absolute atomic E-state index is 0.471. The second-order valence-corrected chi connectivity index (χ2v) is 6.61. The summed E-state index contributed by atoms with van der Waals surface area (Å²) in [4.78, 5) is 10.8. The molecule has 2 heterocycles. The Labute approximate surface area is 137 Å². The van der Waals surface area contributed by atoms with Gasteiger partial charge in [0, 0.05) is 15.5 Å². The Morgan fingerprint density at radius 3 is 2.86 bits per heavy atom. The molecule has 2 aromatic heterocycles. The van der Waals surface area contributed by atoms with Crippen molar-refractivity contribution in [2.24, 2.45) is 5.10 Å². The highest BCUT2D eigenvalue weighted by Crippen LogP contribution is 2.32. The molecule has 0 bridgehead atoms. The van der Waals surface area contributed by atoms with Gasteiger partial charge >= 0.3 is 0 Å². The molecule has 112 valence electrons. The fourth-order valence-corrected chi connectivity index (χ4v) is 3.18. The SMILES string of the molecule is CC(C)c1cc2c(NN=Cc3ccccc3Cl)ncnc2s1. The van der Waals surface area contributed by atoms with E-state index in [-0.39, 0.29) is 0 Å². The average molecular weight is 331 g/mol. The van der Waals surface area contributed by atoms with Gasteiger partial charge in [-0.2, -0.15) is 5.10 Å². The number of anilines is 1. The van der Waals surface area contributed by atoms with Crippen LogP contribution in [-0.2, 0) is 0 Å². The van der Waals surface area contributed by atoms with Crippen LogP contribution in [0, 0.1) is 0 Å². The molecule has 3 rings (SSSR count). The molecule has 3 aromatic rings. The lowest BCUT2D eigenvalue weighted by Crippen LogP contribution is -1.94. The zero-order valence-electron chi connectivity index (χ0n) is 12.2. The number of fused-ring (bicyclic) bond motifs is 1. The summed E-state index contributed by atoms with van der Waals surface area (Å²) in [5.41, 5.74) is 3.84. The lowest BCUT2D eigenvalue weighted by atomic mass is 10.2. The highest BCUT2D eigenvalue weighted by Gasteiger charge is 2.10. The van der Waals surface area contributed by atoms with Crippen LogP contribution in [0.2, 0.25) is 5.02 Å². The first-order valence-corrected chi connectivity index (χ1v) is 8.12. The zero-order valence-corrected chi connectivity index (χ0v) is 13.8.